The lowest BCUT2D eigenvalue weighted by Gasteiger charge is -2.31. The van der Waals surface area contributed by atoms with E-state index in [1.165, 1.54) is 24.3 Å². The number of nitrogens with zero attached hydrogens (tertiary/aromatic N) is 2. The van der Waals surface area contributed by atoms with Crippen LogP contribution in [0.2, 0.25) is 0 Å². The number of carbonyl (C=O) groups is 4. The minimum absolute atomic E-state index is 0.169. The van der Waals surface area contributed by atoms with Gasteiger partial charge in [0.2, 0.25) is 0 Å². The van der Waals surface area contributed by atoms with Gasteiger partial charge in [0.15, 0.2) is 23.1 Å². The highest BCUT2D eigenvalue weighted by Gasteiger charge is 2.35. The molecule has 0 amide bonds. The number of fused-ring (bicyclic) bond motifs is 4. The molecule has 8 rings (SSSR count). The molecule has 2 aliphatic rings. The topological polar surface area (TPSA) is 259 Å². The summed E-state index contributed by atoms with van der Waals surface area (Å²) in [4.78, 5) is 52.8. The SMILES string of the molecule is C[N+](C)(CCCNc1ccc(N)c2c1C(=O)c1ccccc1C2=O)CCSSCC[N+](C)(C)CCCNc1ccc(N)c2c1C(=O)c1ccccc1C2=O.Cc1ccc(S(=O)(=O)[O-])cc1.Cc1ccc(S(=O)(=O)[O-])cc1. The average Bonchev–Trinajstić information content (AvgIpc) is 3.38. The number of hydrogen-bond acceptors (Lipinski definition) is 16. The van der Waals surface area contributed by atoms with Crippen molar-refractivity contribution in [3.8, 4) is 0 Å². The molecule has 16 nitrogen and oxygen atoms in total. The lowest BCUT2D eigenvalue weighted by atomic mass is 9.82. The fourth-order valence-electron chi connectivity index (χ4n) is 8.57. The van der Waals surface area contributed by atoms with Crippen LogP contribution in [0.3, 0.4) is 0 Å². The number of nitrogens with one attached hydrogen (secondary N) is 2. The first-order valence-corrected chi connectivity index (χ1v) is 29.7. The summed E-state index contributed by atoms with van der Waals surface area (Å²) in [5.74, 6) is 1.34. The molecule has 0 aromatic heterocycles. The number of quaternary nitrogens is 2. The summed E-state index contributed by atoms with van der Waals surface area (Å²) in [5.41, 5.74) is 19.2. The third-order valence-corrected chi connectivity index (χ3v) is 17.1. The van der Waals surface area contributed by atoms with Crippen molar-refractivity contribution in [2.45, 2.75) is 36.5 Å². The maximum atomic E-state index is 13.4. The Kier molecular flexibility index (Phi) is 19.5. The zero-order valence-corrected chi connectivity index (χ0v) is 46.6. The number of benzene rings is 6. The Balaban J connectivity index is 0.000000349. The van der Waals surface area contributed by atoms with E-state index in [9.17, 15) is 45.1 Å². The Labute approximate surface area is 453 Å². The van der Waals surface area contributed by atoms with E-state index in [2.05, 4.69) is 38.8 Å². The molecule has 0 saturated heterocycles. The molecular formula is C56H64N6O10S4. The minimum atomic E-state index is -4.27. The summed E-state index contributed by atoms with van der Waals surface area (Å²) >= 11 is 0. The standard InChI is InChI=1S/C42H48N6O4S2.2C7H8O3S/c1-47(2,21-9-19-45-33-17-15-31(43)35-37(33)41(51)29-13-7-5-11-27(29)39(35)49)23-25-53-54-26-24-48(3,4)22-10-20-46-34-18-16-32(44)36-38(34)42(52)30-14-8-6-12-28(30)40(36)50;2*1-6-2-4-7(5-3-6)11(8,9)10/h5-8,11-18H,9-10,19-26H2,1-4H3,(H4-2,43,44,45,46,49,50,51,52);2*2-5H,1H3,(H,8,9,10). The molecular weight excluding hydrogens is 1040 g/mol. The smallest absolute Gasteiger partial charge is 0.196 e. The summed E-state index contributed by atoms with van der Waals surface area (Å²) in [6.07, 6.45) is 1.82. The minimum Gasteiger partial charge on any atom is -0.744 e. The van der Waals surface area contributed by atoms with Gasteiger partial charge in [0, 0.05) is 70.9 Å². The molecule has 2 aliphatic carbocycles. The van der Waals surface area contributed by atoms with Crippen molar-refractivity contribution in [2.75, 3.05) is 101 Å². The summed E-state index contributed by atoms with van der Waals surface area (Å²) < 4.78 is 64.1. The molecule has 76 heavy (non-hydrogen) atoms. The molecule has 0 atom stereocenters. The molecule has 0 saturated carbocycles. The second-order valence-corrected chi connectivity index (χ2v) is 25.3. The quantitative estimate of drug-likeness (QED) is 0.0196. The van der Waals surface area contributed by atoms with Crippen molar-refractivity contribution in [3.05, 3.63) is 177 Å². The largest absolute Gasteiger partial charge is 0.744 e. The van der Waals surface area contributed by atoms with Crippen LogP contribution in [0.1, 0.15) is 87.7 Å². The average molecular weight is 1110 g/mol. The first-order chi connectivity index (χ1) is 35.8. The van der Waals surface area contributed by atoms with E-state index >= 15 is 0 Å². The predicted octanol–water partition coefficient (Wildman–Crippen LogP) is 8.04. The summed E-state index contributed by atoms with van der Waals surface area (Å²) in [7, 11) is 4.28. The highest BCUT2D eigenvalue weighted by molar-refractivity contribution is 8.76. The van der Waals surface area contributed by atoms with Crippen LogP contribution in [0.15, 0.2) is 131 Å². The lowest BCUT2D eigenvalue weighted by Crippen LogP contribution is -2.43. The van der Waals surface area contributed by atoms with Gasteiger partial charge in [-0.3, -0.25) is 19.2 Å². The zero-order valence-electron chi connectivity index (χ0n) is 43.4. The van der Waals surface area contributed by atoms with E-state index in [0.29, 0.717) is 80.3 Å². The van der Waals surface area contributed by atoms with Gasteiger partial charge in [-0.2, -0.15) is 0 Å². The Morgan fingerprint density at radius 3 is 1.05 bits per heavy atom. The summed E-state index contributed by atoms with van der Waals surface area (Å²) in [6, 6.07) is 32.4. The predicted molar refractivity (Wildman–Crippen MR) is 301 cm³/mol. The Bertz CT molecular complexity index is 3130. The van der Waals surface area contributed by atoms with E-state index in [0.717, 1.165) is 70.6 Å². The van der Waals surface area contributed by atoms with Crippen LogP contribution in [-0.4, -0.2) is 137 Å². The molecule has 6 N–H and O–H groups in total. The molecule has 6 aromatic carbocycles. The Morgan fingerprint density at radius 2 is 0.750 bits per heavy atom. The first kappa shape index (κ1) is 58.9. The third-order valence-electron chi connectivity index (χ3n) is 13.0. The van der Waals surface area contributed by atoms with Crippen molar-refractivity contribution in [1.29, 1.82) is 0 Å². The number of anilines is 4. The number of carbonyl (C=O) groups excluding carboxylic acids is 4. The van der Waals surface area contributed by atoms with E-state index in [-0.39, 0.29) is 32.9 Å². The van der Waals surface area contributed by atoms with Crippen LogP contribution in [0.4, 0.5) is 22.7 Å². The summed E-state index contributed by atoms with van der Waals surface area (Å²) in [5, 5.41) is 6.83. The molecule has 402 valence electrons. The normalized spacial score (nSPS) is 13.0. The van der Waals surface area contributed by atoms with Crippen molar-refractivity contribution >= 4 is 87.7 Å². The molecule has 0 radical (unpaired) electrons. The molecule has 0 aliphatic heterocycles. The second kappa shape index (κ2) is 25.2. The van der Waals surface area contributed by atoms with Gasteiger partial charge in [-0.15, -0.1) is 0 Å². The fraction of sp³-hybridized carbons (Fsp3) is 0.286. The van der Waals surface area contributed by atoms with Gasteiger partial charge in [0.1, 0.15) is 20.2 Å². The molecule has 0 bridgehead atoms. The van der Waals surface area contributed by atoms with Gasteiger partial charge in [0.05, 0.1) is 97.9 Å². The van der Waals surface area contributed by atoms with Crippen LogP contribution < -0.4 is 22.1 Å². The van der Waals surface area contributed by atoms with Crippen molar-refractivity contribution in [2.24, 2.45) is 0 Å². The first-order valence-electron chi connectivity index (χ1n) is 24.4. The van der Waals surface area contributed by atoms with Crippen molar-refractivity contribution in [3.63, 3.8) is 0 Å². The van der Waals surface area contributed by atoms with Gasteiger partial charge >= 0.3 is 0 Å². The van der Waals surface area contributed by atoms with Gasteiger partial charge < -0.3 is 40.2 Å². The van der Waals surface area contributed by atoms with E-state index in [1.807, 2.05) is 35.4 Å². The van der Waals surface area contributed by atoms with Crippen molar-refractivity contribution < 1.29 is 54.1 Å². The Morgan fingerprint density at radius 1 is 0.447 bits per heavy atom. The molecule has 0 unspecified atom stereocenters. The highest BCUT2D eigenvalue weighted by Crippen LogP contribution is 2.37. The third kappa shape index (κ3) is 15.2. The zero-order chi connectivity index (χ0) is 55.6. The van der Waals surface area contributed by atoms with Crippen LogP contribution in [0.25, 0.3) is 0 Å². The molecule has 0 spiro atoms. The summed E-state index contributed by atoms with van der Waals surface area (Å²) in [6.45, 7) is 9.02. The number of ketones is 4. The van der Waals surface area contributed by atoms with E-state index in [4.69, 9.17) is 11.5 Å². The lowest BCUT2D eigenvalue weighted by molar-refractivity contribution is -0.887. The maximum absolute atomic E-state index is 13.4. The van der Waals surface area contributed by atoms with Crippen LogP contribution in [0, 0.1) is 13.8 Å². The van der Waals surface area contributed by atoms with Crippen molar-refractivity contribution in [1.82, 2.24) is 0 Å². The monoisotopic (exact) mass is 1110 g/mol. The number of nitrogens with two attached hydrogens (primary N) is 2. The van der Waals surface area contributed by atoms with Crippen LogP contribution in [-0.2, 0) is 20.2 Å². The van der Waals surface area contributed by atoms with E-state index < -0.39 is 20.2 Å². The Hall–Kier alpha value is -6.36. The highest BCUT2D eigenvalue weighted by atomic mass is 33.1. The fourth-order valence-corrected chi connectivity index (χ4v) is 12.0. The van der Waals surface area contributed by atoms with Gasteiger partial charge in [-0.25, -0.2) is 16.8 Å². The number of rotatable bonds is 19. The molecule has 6 aromatic rings. The van der Waals surface area contributed by atoms with Crippen LogP contribution >= 0.6 is 21.6 Å². The maximum Gasteiger partial charge on any atom is 0.196 e. The van der Waals surface area contributed by atoms with Gasteiger partial charge in [-0.05, 0) is 62.4 Å². The number of aryl methyl sites for hydroxylation is 2. The van der Waals surface area contributed by atoms with Gasteiger partial charge in [-0.1, -0.05) is 106 Å². The van der Waals surface area contributed by atoms with Crippen LogP contribution in [0.5, 0.6) is 0 Å². The number of nitrogen functional groups attached to an aromatic ring is 2. The molecule has 0 fully saturated rings. The molecule has 20 heteroatoms. The number of hydrogen-bond donors (Lipinski definition) is 4. The molecule has 0 heterocycles. The second-order valence-electron chi connectivity index (χ2n) is 19.8. The van der Waals surface area contributed by atoms with E-state index in [1.54, 1.807) is 97.1 Å². The van der Waals surface area contributed by atoms with Gasteiger partial charge in [0.25, 0.3) is 0 Å².